The number of carbonyl (C=O) groups is 2. The van der Waals surface area contributed by atoms with E-state index < -0.39 is 22.0 Å². The predicted octanol–water partition coefficient (Wildman–Crippen LogP) is 1.48. The number of rotatable bonds is 8. The smallest absolute Gasteiger partial charge is 0.326 e. The number of ketones is 1. The minimum absolute atomic E-state index is 0.0330. The maximum absolute atomic E-state index is 12.9. The molecule has 2 saturated carbocycles. The molecule has 2 heterocycles. The van der Waals surface area contributed by atoms with Crippen LogP contribution in [0.5, 0.6) is 0 Å². The molecule has 2 fully saturated rings. The molecule has 0 saturated heterocycles. The van der Waals surface area contributed by atoms with Gasteiger partial charge in [-0.15, -0.1) is 0 Å². The van der Waals surface area contributed by atoms with E-state index in [9.17, 15) is 23.4 Å². The van der Waals surface area contributed by atoms with Crippen LogP contribution < -0.4 is 16.6 Å². The van der Waals surface area contributed by atoms with Crippen LogP contribution in [-0.4, -0.2) is 40.3 Å². The summed E-state index contributed by atoms with van der Waals surface area (Å²) in [4.78, 5) is 54.9. The van der Waals surface area contributed by atoms with Gasteiger partial charge in [0, 0.05) is 49.4 Å². The number of Topliss-reactive ketones (excluding diaryl/α,β-unsaturated/α-hetero) is 1. The molecule has 11 heteroatoms. The second kappa shape index (κ2) is 10.2. The SMILES string of the molecule is CCS(=O)c1nc2c(c(=O)n(C)c(=O)n2CC#Cc2cc(CC(=O)C3CC3)cc(NC(=O)C3CC3)c2)n1C. The van der Waals surface area contributed by atoms with Crippen molar-refractivity contribution in [3.05, 3.63) is 50.2 Å². The van der Waals surface area contributed by atoms with Crippen LogP contribution in [0.1, 0.15) is 43.7 Å². The van der Waals surface area contributed by atoms with Gasteiger partial charge in [-0.05, 0) is 49.4 Å². The van der Waals surface area contributed by atoms with E-state index in [1.807, 2.05) is 12.1 Å². The first-order valence-corrected chi connectivity index (χ1v) is 14.0. The summed E-state index contributed by atoms with van der Waals surface area (Å²) in [5.41, 5.74) is 1.17. The maximum Gasteiger partial charge on any atom is 0.333 e. The lowest BCUT2D eigenvalue weighted by atomic mass is 10.0. The van der Waals surface area contributed by atoms with E-state index in [0.29, 0.717) is 17.0 Å². The highest BCUT2D eigenvalue weighted by molar-refractivity contribution is 7.84. The van der Waals surface area contributed by atoms with Crippen molar-refractivity contribution in [3.63, 3.8) is 0 Å². The van der Waals surface area contributed by atoms with Gasteiger partial charge < -0.3 is 9.88 Å². The number of fused-ring (bicyclic) bond motifs is 1. The number of nitrogens with one attached hydrogen (secondary N) is 1. The quantitative estimate of drug-likeness (QED) is 0.436. The number of aryl methyl sites for hydroxylation is 1. The van der Waals surface area contributed by atoms with E-state index in [2.05, 4.69) is 22.1 Å². The number of anilines is 1. The van der Waals surface area contributed by atoms with Crippen molar-refractivity contribution in [1.82, 2.24) is 18.7 Å². The minimum atomic E-state index is -1.42. The lowest BCUT2D eigenvalue weighted by molar-refractivity contribution is -0.119. The Bertz CT molecular complexity index is 1630. The third-order valence-corrected chi connectivity index (χ3v) is 8.17. The number of hydrogen-bond donors (Lipinski definition) is 1. The molecule has 38 heavy (non-hydrogen) atoms. The van der Waals surface area contributed by atoms with Gasteiger partial charge in [0.15, 0.2) is 11.2 Å². The first kappa shape index (κ1) is 25.9. The number of imidazole rings is 1. The van der Waals surface area contributed by atoms with Gasteiger partial charge >= 0.3 is 5.69 Å². The molecule has 0 spiro atoms. The number of amides is 1. The van der Waals surface area contributed by atoms with Crippen molar-refractivity contribution in [2.24, 2.45) is 25.9 Å². The summed E-state index contributed by atoms with van der Waals surface area (Å²) >= 11 is 0. The largest absolute Gasteiger partial charge is 0.333 e. The average molecular weight is 536 g/mol. The summed E-state index contributed by atoms with van der Waals surface area (Å²) in [6, 6.07) is 5.39. The van der Waals surface area contributed by atoms with Crippen LogP contribution in [0.15, 0.2) is 32.9 Å². The van der Waals surface area contributed by atoms with Crippen LogP contribution >= 0.6 is 0 Å². The normalized spacial score (nSPS) is 15.7. The van der Waals surface area contributed by atoms with Gasteiger partial charge in [-0.25, -0.2) is 9.78 Å². The van der Waals surface area contributed by atoms with Crippen molar-refractivity contribution in [2.75, 3.05) is 11.1 Å². The topological polar surface area (TPSA) is 125 Å². The van der Waals surface area contributed by atoms with E-state index in [0.717, 1.165) is 35.8 Å². The second-order valence-corrected chi connectivity index (χ2v) is 11.5. The summed E-state index contributed by atoms with van der Waals surface area (Å²) in [6.07, 6.45) is 3.88. The zero-order chi connectivity index (χ0) is 27.1. The van der Waals surface area contributed by atoms with Gasteiger partial charge in [-0.2, -0.15) is 0 Å². The summed E-state index contributed by atoms with van der Waals surface area (Å²) in [7, 11) is 1.56. The first-order valence-electron chi connectivity index (χ1n) is 12.7. The Morgan fingerprint density at radius 3 is 2.45 bits per heavy atom. The Labute approximate surface area is 221 Å². The fourth-order valence-electron chi connectivity index (χ4n) is 4.38. The van der Waals surface area contributed by atoms with E-state index >= 15 is 0 Å². The van der Waals surface area contributed by atoms with Gasteiger partial charge in [-0.3, -0.25) is 27.7 Å². The average Bonchev–Trinajstić information content (AvgIpc) is 3.80. The molecule has 5 rings (SSSR count). The summed E-state index contributed by atoms with van der Waals surface area (Å²) in [5, 5.41) is 3.15. The summed E-state index contributed by atoms with van der Waals surface area (Å²) in [5.74, 6) is 6.64. The molecule has 198 valence electrons. The van der Waals surface area contributed by atoms with Crippen LogP contribution in [0.4, 0.5) is 5.69 Å². The molecule has 0 aliphatic heterocycles. The fraction of sp³-hybridized carbons (Fsp3) is 0.444. The Morgan fingerprint density at radius 1 is 1.08 bits per heavy atom. The van der Waals surface area contributed by atoms with E-state index in [1.54, 1.807) is 20.0 Å². The van der Waals surface area contributed by atoms with Crippen molar-refractivity contribution < 1.29 is 13.8 Å². The van der Waals surface area contributed by atoms with Gasteiger partial charge in [0.05, 0.1) is 17.3 Å². The van der Waals surface area contributed by atoms with Crippen LogP contribution in [0.3, 0.4) is 0 Å². The van der Waals surface area contributed by atoms with Crippen molar-refractivity contribution in [3.8, 4) is 11.8 Å². The molecular weight excluding hydrogens is 506 g/mol. The number of hydrogen-bond acceptors (Lipinski definition) is 6. The molecule has 1 aromatic carbocycles. The molecule has 0 bridgehead atoms. The molecule has 1 N–H and O–H groups in total. The molecule has 10 nitrogen and oxygen atoms in total. The zero-order valence-corrected chi connectivity index (χ0v) is 22.4. The molecule has 1 atom stereocenters. The molecule has 2 aliphatic carbocycles. The number of carbonyl (C=O) groups excluding carboxylic acids is 2. The highest BCUT2D eigenvalue weighted by Crippen LogP contribution is 2.32. The van der Waals surface area contributed by atoms with Crippen molar-refractivity contribution in [1.29, 1.82) is 0 Å². The Kier molecular flexibility index (Phi) is 6.92. The molecule has 2 aromatic heterocycles. The Hall–Kier alpha value is -3.78. The molecule has 1 amide bonds. The zero-order valence-electron chi connectivity index (χ0n) is 21.6. The fourth-order valence-corrected chi connectivity index (χ4v) is 5.23. The van der Waals surface area contributed by atoms with E-state index in [-0.39, 0.29) is 52.8 Å². The highest BCUT2D eigenvalue weighted by atomic mass is 32.2. The lowest BCUT2D eigenvalue weighted by Gasteiger charge is -2.09. The highest BCUT2D eigenvalue weighted by Gasteiger charge is 2.31. The monoisotopic (exact) mass is 535 g/mol. The van der Waals surface area contributed by atoms with Crippen LogP contribution in [-0.2, 0) is 47.4 Å². The summed E-state index contributed by atoms with van der Waals surface area (Å²) < 4.78 is 16.2. The van der Waals surface area contributed by atoms with Crippen LogP contribution in [0.2, 0.25) is 0 Å². The Balaban J connectivity index is 1.50. The van der Waals surface area contributed by atoms with E-state index in [1.165, 1.54) is 16.2 Å². The molecule has 0 radical (unpaired) electrons. The minimum Gasteiger partial charge on any atom is -0.326 e. The van der Waals surface area contributed by atoms with Crippen LogP contribution in [0.25, 0.3) is 11.2 Å². The Morgan fingerprint density at radius 2 is 1.79 bits per heavy atom. The standard InChI is InChI=1S/C27H29N5O5S/c1-4-38(37)26-29-23-22(30(26)2)25(35)31(3)27(36)32(23)11-5-6-16-12-17(15-21(33)18-7-8-18)14-20(13-16)28-24(34)19-9-10-19/h12-14,18-19H,4,7-11,15H2,1-3H3,(H,28,34). The predicted molar refractivity (Wildman–Crippen MR) is 143 cm³/mol. The first-order chi connectivity index (χ1) is 18.2. The number of nitrogens with zero attached hydrogens (tertiary/aromatic N) is 4. The van der Waals surface area contributed by atoms with E-state index in [4.69, 9.17) is 0 Å². The number of benzene rings is 1. The summed E-state index contributed by atoms with van der Waals surface area (Å²) in [6.45, 7) is 1.69. The molecular formula is C27H29N5O5S. The van der Waals surface area contributed by atoms with Gasteiger partial charge in [0.25, 0.3) is 5.56 Å². The lowest BCUT2D eigenvalue weighted by Crippen LogP contribution is -2.38. The van der Waals surface area contributed by atoms with Crippen molar-refractivity contribution >= 4 is 39.3 Å². The van der Waals surface area contributed by atoms with Gasteiger partial charge in [0.1, 0.15) is 5.78 Å². The second-order valence-electron chi connectivity index (χ2n) is 9.89. The van der Waals surface area contributed by atoms with Crippen molar-refractivity contribution in [2.45, 2.75) is 50.7 Å². The van der Waals surface area contributed by atoms with Gasteiger partial charge in [-0.1, -0.05) is 18.8 Å². The third-order valence-electron chi connectivity index (χ3n) is 6.87. The maximum atomic E-state index is 12.9. The molecule has 2 aliphatic rings. The molecule has 1 unspecified atom stereocenters. The van der Waals surface area contributed by atoms with Gasteiger partial charge in [0.2, 0.25) is 11.1 Å². The third kappa shape index (κ3) is 5.13. The number of aromatic nitrogens is 4. The van der Waals surface area contributed by atoms with Crippen LogP contribution in [0, 0.1) is 23.7 Å². The molecule has 3 aromatic rings.